The number of pyridine rings is 1. The number of nitro groups is 1. The van der Waals surface area contributed by atoms with Gasteiger partial charge >= 0.3 is 11.6 Å². The molecule has 0 saturated carbocycles. The highest BCUT2D eigenvalue weighted by Crippen LogP contribution is 2.32. The SMILES string of the molecule is Cc1nc(N)nc(Oc2cncc(Cl)c2)c1[N+](=O)[O-]. The minimum Gasteiger partial charge on any atom is -0.432 e. The standard InChI is InChI=1S/C10H8ClN5O3/c1-5-8(16(17)18)9(15-10(12)14-5)19-7-2-6(11)3-13-4-7/h2-4H,1H3,(H2,12,14,15). The molecule has 19 heavy (non-hydrogen) atoms. The lowest BCUT2D eigenvalue weighted by Crippen LogP contribution is -2.04. The summed E-state index contributed by atoms with van der Waals surface area (Å²) in [5, 5.41) is 11.3. The number of anilines is 1. The molecular formula is C10H8ClN5O3. The van der Waals surface area contributed by atoms with Crippen LogP contribution in [0.15, 0.2) is 18.5 Å². The Balaban J connectivity index is 2.47. The van der Waals surface area contributed by atoms with Gasteiger partial charge in [0, 0.05) is 12.3 Å². The van der Waals surface area contributed by atoms with E-state index in [0.29, 0.717) is 5.02 Å². The maximum atomic E-state index is 11.0. The molecule has 2 aromatic heterocycles. The van der Waals surface area contributed by atoms with Gasteiger partial charge in [-0.3, -0.25) is 15.1 Å². The molecule has 2 heterocycles. The highest BCUT2D eigenvalue weighted by Gasteiger charge is 2.23. The van der Waals surface area contributed by atoms with E-state index >= 15 is 0 Å². The second-order valence-electron chi connectivity index (χ2n) is 3.52. The van der Waals surface area contributed by atoms with Crippen molar-refractivity contribution < 1.29 is 9.66 Å². The van der Waals surface area contributed by atoms with Crippen molar-refractivity contribution in [1.29, 1.82) is 0 Å². The fraction of sp³-hybridized carbons (Fsp3) is 0.100. The summed E-state index contributed by atoms with van der Waals surface area (Å²) in [4.78, 5) is 21.6. The quantitative estimate of drug-likeness (QED) is 0.676. The van der Waals surface area contributed by atoms with Crippen LogP contribution in [0.3, 0.4) is 0 Å². The van der Waals surface area contributed by atoms with Gasteiger partial charge in [0.2, 0.25) is 5.95 Å². The minimum absolute atomic E-state index is 0.113. The van der Waals surface area contributed by atoms with Gasteiger partial charge in [-0.25, -0.2) is 4.98 Å². The number of nitrogens with zero attached hydrogens (tertiary/aromatic N) is 4. The van der Waals surface area contributed by atoms with Crippen LogP contribution in [0, 0.1) is 17.0 Å². The third-order valence-electron chi connectivity index (χ3n) is 2.12. The highest BCUT2D eigenvalue weighted by atomic mass is 35.5. The normalized spacial score (nSPS) is 10.2. The number of rotatable bonds is 3. The predicted molar refractivity (Wildman–Crippen MR) is 67.2 cm³/mol. The van der Waals surface area contributed by atoms with Gasteiger partial charge in [-0.15, -0.1) is 0 Å². The summed E-state index contributed by atoms with van der Waals surface area (Å²) < 4.78 is 5.29. The molecular weight excluding hydrogens is 274 g/mol. The Morgan fingerprint density at radius 2 is 2.16 bits per heavy atom. The Labute approximate surface area is 112 Å². The van der Waals surface area contributed by atoms with Crippen molar-refractivity contribution in [2.45, 2.75) is 6.92 Å². The van der Waals surface area contributed by atoms with E-state index in [1.54, 1.807) is 0 Å². The molecule has 0 radical (unpaired) electrons. The molecule has 0 fully saturated rings. The number of aromatic nitrogens is 3. The molecule has 0 aliphatic heterocycles. The average Bonchev–Trinajstić information content (AvgIpc) is 2.26. The molecule has 0 spiro atoms. The Morgan fingerprint density at radius 1 is 1.42 bits per heavy atom. The van der Waals surface area contributed by atoms with Crippen LogP contribution < -0.4 is 10.5 Å². The van der Waals surface area contributed by atoms with E-state index in [0.717, 1.165) is 0 Å². The van der Waals surface area contributed by atoms with Crippen molar-refractivity contribution in [2.24, 2.45) is 0 Å². The first kappa shape index (κ1) is 13.0. The zero-order valence-corrected chi connectivity index (χ0v) is 10.5. The lowest BCUT2D eigenvalue weighted by Gasteiger charge is -2.06. The average molecular weight is 282 g/mol. The number of nitrogens with two attached hydrogens (primary N) is 1. The second-order valence-corrected chi connectivity index (χ2v) is 3.96. The Hall–Kier alpha value is -2.48. The Bertz CT molecular complexity index is 649. The van der Waals surface area contributed by atoms with Crippen molar-refractivity contribution in [3.8, 4) is 11.6 Å². The number of halogens is 1. The molecule has 8 nitrogen and oxygen atoms in total. The van der Waals surface area contributed by atoms with Crippen molar-refractivity contribution in [1.82, 2.24) is 15.0 Å². The topological polar surface area (TPSA) is 117 Å². The third kappa shape index (κ3) is 2.86. The van der Waals surface area contributed by atoms with Gasteiger partial charge in [0.15, 0.2) is 0 Å². The van der Waals surface area contributed by atoms with Gasteiger partial charge in [0.1, 0.15) is 11.4 Å². The van der Waals surface area contributed by atoms with Crippen LogP contribution in [0.25, 0.3) is 0 Å². The van der Waals surface area contributed by atoms with E-state index in [1.807, 2.05) is 0 Å². The number of hydrogen-bond donors (Lipinski definition) is 1. The molecule has 98 valence electrons. The fourth-order valence-corrected chi connectivity index (χ4v) is 1.57. The fourth-order valence-electron chi connectivity index (χ4n) is 1.40. The number of nitrogen functional groups attached to an aromatic ring is 1. The zero-order chi connectivity index (χ0) is 14.0. The van der Waals surface area contributed by atoms with E-state index in [1.165, 1.54) is 25.4 Å². The first-order valence-electron chi connectivity index (χ1n) is 5.04. The van der Waals surface area contributed by atoms with Crippen LogP contribution in [0.5, 0.6) is 11.6 Å². The summed E-state index contributed by atoms with van der Waals surface area (Å²) in [6.45, 7) is 1.44. The number of hydrogen-bond acceptors (Lipinski definition) is 7. The second kappa shape index (κ2) is 5.02. The maximum absolute atomic E-state index is 11.0. The van der Waals surface area contributed by atoms with Crippen LogP contribution in [0.2, 0.25) is 5.02 Å². The molecule has 0 bridgehead atoms. The Morgan fingerprint density at radius 3 is 2.79 bits per heavy atom. The summed E-state index contributed by atoms with van der Waals surface area (Å²) in [6, 6.07) is 1.45. The monoisotopic (exact) mass is 281 g/mol. The van der Waals surface area contributed by atoms with Gasteiger partial charge in [0.25, 0.3) is 0 Å². The van der Waals surface area contributed by atoms with Gasteiger partial charge in [0.05, 0.1) is 16.1 Å². The summed E-state index contributed by atoms with van der Waals surface area (Å²) in [5.41, 5.74) is 5.21. The van der Waals surface area contributed by atoms with Crippen LogP contribution in [-0.2, 0) is 0 Å². The number of ether oxygens (including phenoxy) is 1. The Kier molecular flexibility index (Phi) is 3.43. The van der Waals surface area contributed by atoms with Crippen LogP contribution >= 0.6 is 11.6 Å². The minimum atomic E-state index is -0.637. The van der Waals surface area contributed by atoms with Crippen molar-refractivity contribution in [3.63, 3.8) is 0 Å². The smallest absolute Gasteiger partial charge is 0.352 e. The molecule has 2 rings (SSSR count). The maximum Gasteiger partial charge on any atom is 0.352 e. The number of aryl methyl sites for hydroxylation is 1. The first-order valence-corrected chi connectivity index (χ1v) is 5.42. The van der Waals surface area contributed by atoms with Crippen molar-refractivity contribution in [2.75, 3.05) is 5.73 Å². The molecule has 0 aliphatic rings. The highest BCUT2D eigenvalue weighted by molar-refractivity contribution is 6.30. The van der Waals surface area contributed by atoms with E-state index in [2.05, 4.69) is 15.0 Å². The zero-order valence-electron chi connectivity index (χ0n) is 9.70. The molecule has 0 aliphatic carbocycles. The van der Waals surface area contributed by atoms with Crippen LogP contribution in [0.4, 0.5) is 11.6 Å². The van der Waals surface area contributed by atoms with E-state index in [4.69, 9.17) is 22.1 Å². The molecule has 0 aromatic carbocycles. The lowest BCUT2D eigenvalue weighted by molar-refractivity contribution is -0.386. The van der Waals surface area contributed by atoms with Crippen molar-refractivity contribution in [3.05, 3.63) is 39.3 Å². The molecule has 0 amide bonds. The molecule has 0 saturated heterocycles. The van der Waals surface area contributed by atoms with E-state index in [9.17, 15) is 10.1 Å². The van der Waals surface area contributed by atoms with Crippen LogP contribution in [-0.4, -0.2) is 19.9 Å². The van der Waals surface area contributed by atoms with Gasteiger partial charge < -0.3 is 10.5 Å². The van der Waals surface area contributed by atoms with E-state index in [-0.39, 0.29) is 29.0 Å². The molecule has 2 N–H and O–H groups in total. The van der Waals surface area contributed by atoms with Crippen LogP contribution in [0.1, 0.15) is 5.69 Å². The third-order valence-corrected chi connectivity index (χ3v) is 2.33. The summed E-state index contributed by atoms with van der Waals surface area (Å²) in [6.07, 6.45) is 2.76. The summed E-state index contributed by atoms with van der Waals surface area (Å²) >= 11 is 5.74. The molecule has 9 heteroatoms. The van der Waals surface area contributed by atoms with Crippen molar-refractivity contribution >= 4 is 23.2 Å². The lowest BCUT2D eigenvalue weighted by atomic mass is 10.3. The molecule has 0 unspecified atom stereocenters. The first-order chi connectivity index (χ1) is 8.97. The van der Waals surface area contributed by atoms with Gasteiger partial charge in [-0.1, -0.05) is 11.6 Å². The largest absolute Gasteiger partial charge is 0.432 e. The molecule has 2 aromatic rings. The molecule has 0 atom stereocenters. The predicted octanol–water partition coefficient (Wildman–Crippen LogP) is 2.12. The van der Waals surface area contributed by atoms with E-state index < -0.39 is 4.92 Å². The van der Waals surface area contributed by atoms with Gasteiger partial charge in [-0.2, -0.15) is 4.98 Å². The summed E-state index contributed by atoms with van der Waals surface area (Å²) in [7, 11) is 0. The van der Waals surface area contributed by atoms with Gasteiger partial charge in [-0.05, 0) is 6.92 Å². The summed E-state index contributed by atoms with van der Waals surface area (Å²) in [5.74, 6) is -0.153.